The van der Waals surface area contributed by atoms with E-state index < -0.39 is 5.97 Å². The fourth-order valence-electron chi connectivity index (χ4n) is 0.142. The van der Waals surface area contributed by atoms with Crippen LogP contribution in [0.5, 0.6) is 0 Å². The maximum absolute atomic E-state index is 9.25. The number of thiocarbonyl (C=S) groups is 1. The van der Waals surface area contributed by atoms with E-state index in [-0.39, 0.29) is 0 Å². The number of thioether (sulfide) groups is 1. The van der Waals surface area contributed by atoms with Gasteiger partial charge < -0.3 is 10.8 Å². The molecule has 11 heavy (non-hydrogen) atoms. The molecule has 0 rings (SSSR count). The van der Waals surface area contributed by atoms with Crippen LogP contribution in [0.15, 0.2) is 12.7 Å². The third-order valence-electron chi connectivity index (χ3n) is 0.461. The second-order valence-corrected chi connectivity index (χ2v) is 3.30. The van der Waals surface area contributed by atoms with E-state index in [1.165, 1.54) is 11.8 Å². The Morgan fingerprint density at radius 3 is 2.27 bits per heavy atom. The molecule has 0 aliphatic carbocycles. The molecule has 0 saturated carbocycles. The molecule has 0 bridgehead atoms. The van der Waals surface area contributed by atoms with Crippen molar-refractivity contribution in [1.29, 1.82) is 0 Å². The van der Waals surface area contributed by atoms with Gasteiger partial charge in [0, 0.05) is 6.08 Å². The second kappa shape index (κ2) is 9.45. The first-order valence-corrected chi connectivity index (χ1v) is 4.21. The molecule has 0 aliphatic rings. The second-order valence-electron chi connectivity index (χ2n) is 1.29. The maximum atomic E-state index is 9.25. The summed E-state index contributed by atoms with van der Waals surface area (Å²) in [5, 5.41) is 7.60. The Bertz CT molecular complexity index is 148. The summed E-state index contributed by atoms with van der Waals surface area (Å²) in [6.45, 7) is 4.98. The Balaban J connectivity index is 0. The quantitative estimate of drug-likeness (QED) is 0.510. The lowest BCUT2D eigenvalue weighted by Gasteiger charge is -1.85. The van der Waals surface area contributed by atoms with Crippen LogP contribution >= 0.6 is 24.0 Å². The summed E-state index contributed by atoms with van der Waals surface area (Å²) in [6.07, 6.45) is 0.833. The van der Waals surface area contributed by atoms with E-state index in [0.717, 1.165) is 11.8 Å². The normalized spacial score (nSPS) is 7.36. The van der Waals surface area contributed by atoms with Gasteiger partial charge >= 0.3 is 5.97 Å². The van der Waals surface area contributed by atoms with Crippen LogP contribution in [0, 0.1) is 0 Å². The summed E-state index contributed by atoms with van der Waals surface area (Å²) in [4.78, 5) is 9.25. The van der Waals surface area contributed by atoms with Crippen LogP contribution < -0.4 is 5.73 Å². The molecule has 0 fully saturated rings. The standard InChI is InChI=1S/C3H7NS2.C3H4O2/c1-2-6-3(4)5;1-2-3(4)5/h2H2,1H3,(H2,4,5);2H,1H2,(H,4,5). The molecule has 0 unspecified atom stereocenters. The van der Waals surface area contributed by atoms with Gasteiger partial charge in [-0.3, -0.25) is 0 Å². The van der Waals surface area contributed by atoms with Crippen molar-refractivity contribution in [2.75, 3.05) is 5.75 Å². The number of carbonyl (C=O) groups is 1. The molecular weight excluding hydrogens is 182 g/mol. The Kier molecular flexibility index (Phi) is 11.2. The van der Waals surface area contributed by atoms with Crippen molar-refractivity contribution in [3.63, 3.8) is 0 Å². The minimum Gasteiger partial charge on any atom is -0.478 e. The third-order valence-corrected chi connectivity index (χ3v) is 1.39. The Labute approximate surface area is 75.7 Å². The monoisotopic (exact) mass is 193 g/mol. The molecule has 0 spiro atoms. The Hall–Kier alpha value is -0.550. The van der Waals surface area contributed by atoms with Gasteiger partial charge in [-0.05, 0) is 5.75 Å². The predicted octanol–water partition coefficient (Wildman–Crippen LogP) is 1.24. The largest absolute Gasteiger partial charge is 0.478 e. The smallest absolute Gasteiger partial charge is 0.327 e. The topological polar surface area (TPSA) is 63.3 Å². The summed E-state index contributed by atoms with van der Waals surface area (Å²) < 4.78 is 0.539. The number of hydrogen-bond acceptors (Lipinski definition) is 3. The van der Waals surface area contributed by atoms with Gasteiger partial charge in [-0.15, -0.1) is 0 Å². The lowest BCUT2D eigenvalue weighted by Crippen LogP contribution is -2.00. The van der Waals surface area contributed by atoms with E-state index in [0.29, 0.717) is 4.32 Å². The van der Waals surface area contributed by atoms with Crippen molar-refractivity contribution >= 4 is 34.3 Å². The molecule has 0 aliphatic heterocycles. The van der Waals surface area contributed by atoms with Gasteiger partial charge in [0.05, 0.1) is 0 Å². The molecule has 0 radical (unpaired) electrons. The van der Waals surface area contributed by atoms with Crippen LogP contribution in [0.1, 0.15) is 6.92 Å². The number of rotatable bonds is 2. The van der Waals surface area contributed by atoms with Gasteiger partial charge in [-0.25, -0.2) is 4.79 Å². The summed E-state index contributed by atoms with van der Waals surface area (Å²) in [5.41, 5.74) is 5.10. The van der Waals surface area contributed by atoms with E-state index >= 15 is 0 Å². The number of hydrogen-bond donors (Lipinski definition) is 2. The zero-order valence-electron chi connectivity index (χ0n) is 6.24. The minimum atomic E-state index is -0.981. The zero-order chi connectivity index (χ0) is 9.28. The van der Waals surface area contributed by atoms with E-state index in [1.807, 2.05) is 6.92 Å². The third kappa shape index (κ3) is 26.5. The van der Waals surface area contributed by atoms with Gasteiger partial charge in [0.25, 0.3) is 0 Å². The van der Waals surface area contributed by atoms with Crippen molar-refractivity contribution in [3.05, 3.63) is 12.7 Å². The van der Waals surface area contributed by atoms with E-state index in [9.17, 15) is 4.79 Å². The van der Waals surface area contributed by atoms with Crippen molar-refractivity contribution in [2.24, 2.45) is 5.73 Å². The van der Waals surface area contributed by atoms with Crippen LogP contribution in [-0.2, 0) is 4.79 Å². The average Bonchev–Trinajstić information content (AvgIpc) is 1.89. The average molecular weight is 193 g/mol. The highest BCUT2D eigenvalue weighted by Crippen LogP contribution is 1.95. The number of carboxylic acid groups (broad SMARTS) is 1. The van der Waals surface area contributed by atoms with Crippen LogP contribution in [0.2, 0.25) is 0 Å². The molecule has 5 heteroatoms. The Morgan fingerprint density at radius 1 is 1.91 bits per heavy atom. The Morgan fingerprint density at radius 2 is 2.27 bits per heavy atom. The van der Waals surface area contributed by atoms with Crippen molar-refractivity contribution in [2.45, 2.75) is 6.92 Å². The first-order valence-electron chi connectivity index (χ1n) is 2.82. The van der Waals surface area contributed by atoms with Gasteiger partial charge in [0.15, 0.2) is 0 Å². The first-order chi connectivity index (χ1) is 5.04. The maximum Gasteiger partial charge on any atom is 0.327 e. The van der Waals surface area contributed by atoms with Crippen LogP contribution in [0.3, 0.4) is 0 Å². The molecule has 64 valence electrons. The van der Waals surface area contributed by atoms with Gasteiger partial charge in [-0.2, -0.15) is 0 Å². The van der Waals surface area contributed by atoms with E-state index in [2.05, 4.69) is 18.8 Å². The molecule has 0 atom stereocenters. The molecule has 0 amide bonds. The van der Waals surface area contributed by atoms with E-state index in [1.54, 1.807) is 0 Å². The number of aliphatic carboxylic acids is 1. The predicted molar refractivity (Wildman–Crippen MR) is 52.8 cm³/mol. The van der Waals surface area contributed by atoms with Crippen molar-refractivity contribution < 1.29 is 9.90 Å². The summed E-state index contributed by atoms with van der Waals surface area (Å²) in [5.74, 6) is 0.000000000000000333. The van der Waals surface area contributed by atoms with Crippen molar-refractivity contribution in [3.8, 4) is 0 Å². The van der Waals surface area contributed by atoms with Crippen LogP contribution in [0.4, 0.5) is 0 Å². The first kappa shape index (κ1) is 13.1. The molecule has 0 aromatic heterocycles. The van der Waals surface area contributed by atoms with Gasteiger partial charge in [0.2, 0.25) is 0 Å². The van der Waals surface area contributed by atoms with Crippen molar-refractivity contribution in [1.82, 2.24) is 0 Å². The highest BCUT2D eigenvalue weighted by molar-refractivity contribution is 8.22. The minimum absolute atomic E-state index is 0.539. The van der Waals surface area contributed by atoms with Gasteiger partial charge in [0.1, 0.15) is 4.32 Å². The van der Waals surface area contributed by atoms with E-state index in [4.69, 9.17) is 10.8 Å². The number of nitrogens with two attached hydrogens (primary N) is 1. The highest BCUT2D eigenvalue weighted by Gasteiger charge is 1.79. The molecule has 0 aromatic carbocycles. The molecule has 3 nitrogen and oxygen atoms in total. The lowest BCUT2D eigenvalue weighted by molar-refractivity contribution is -0.131. The summed E-state index contributed by atoms with van der Waals surface area (Å²) in [7, 11) is 0. The zero-order valence-corrected chi connectivity index (χ0v) is 7.87. The fraction of sp³-hybridized carbons (Fsp3) is 0.333. The molecule has 3 N–H and O–H groups in total. The summed E-state index contributed by atoms with van der Waals surface area (Å²) >= 11 is 6.03. The number of carboxylic acids is 1. The summed E-state index contributed by atoms with van der Waals surface area (Å²) in [6, 6.07) is 0. The molecular formula is C6H11NO2S2. The fourth-order valence-corrected chi connectivity index (χ4v) is 0.780. The molecule has 0 aromatic rings. The lowest BCUT2D eigenvalue weighted by atomic mass is 10.7. The van der Waals surface area contributed by atoms with Gasteiger partial charge in [-0.1, -0.05) is 37.5 Å². The SMILES string of the molecule is C=CC(=O)O.CCSC(N)=S. The molecule has 0 heterocycles. The van der Waals surface area contributed by atoms with Crippen LogP contribution in [-0.4, -0.2) is 21.1 Å². The molecule has 0 saturated heterocycles. The van der Waals surface area contributed by atoms with Crippen LogP contribution in [0.25, 0.3) is 0 Å². The highest BCUT2D eigenvalue weighted by atomic mass is 32.2.